The van der Waals surface area contributed by atoms with Crippen LogP contribution in [0, 0.1) is 20.8 Å². The molecule has 6 nitrogen and oxygen atoms in total. The highest BCUT2D eigenvalue weighted by molar-refractivity contribution is 6.30. The normalized spacial score (nSPS) is 13.9. The first-order chi connectivity index (χ1) is 14.9. The lowest BCUT2D eigenvalue weighted by atomic mass is 10.1. The summed E-state index contributed by atoms with van der Waals surface area (Å²) in [6.45, 7) is 8.82. The van der Waals surface area contributed by atoms with Crippen molar-refractivity contribution in [1.29, 1.82) is 0 Å². The summed E-state index contributed by atoms with van der Waals surface area (Å²) >= 11 is 6.01. The van der Waals surface area contributed by atoms with Crippen LogP contribution in [0.3, 0.4) is 0 Å². The Balaban J connectivity index is 1.47. The van der Waals surface area contributed by atoms with E-state index in [-0.39, 0.29) is 6.03 Å². The number of carbonyl (C=O) groups excluding carboxylic acids is 1. The molecule has 1 aliphatic rings. The Morgan fingerprint density at radius 1 is 0.968 bits per heavy atom. The Hall–Kier alpha value is -3.12. The molecule has 0 atom stereocenters. The van der Waals surface area contributed by atoms with Crippen LogP contribution >= 0.6 is 11.6 Å². The predicted octanol–water partition coefficient (Wildman–Crippen LogP) is 5.08. The summed E-state index contributed by atoms with van der Waals surface area (Å²) in [5.41, 5.74) is 4.95. The number of nitrogens with one attached hydrogen (secondary N) is 1. The summed E-state index contributed by atoms with van der Waals surface area (Å²) in [7, 11) is 0. The van der Waals surface area contributed by atoms with Crippen molar-refractivity contribution in [1.82, 2.24) is 14.9 Å². The van der Waals surface area contributed by atoms with Gasteiger partial charge in [-0.25, -0.2) is 14.8 Å². The standard InChI is InChI=1S/C24H26ClN5O/c1-16-6-4-7-19(14-16)22-26-18(3)17(2)23(28-22)29-10-12-30(13-11-29)24(31)27-21-9-5-8-20(25)15-21/h4-9,14-15H,10-13H2,1-3H3,(H,27,31). The maximum absolute atomic E-state index is 12.6. The van der Waals surface area contributed by atoms with E-state index in [4.69, 9.17) is 21.6 Å². The van der Waals surface area contributed by atoms with Crippen molar-refractivity contribution in [3.8, 4) is 11.4 Å². The van der Waals surface area contributed by atoms with Crippen LogP contribution < -0.4 is 10.2 Å². The zero-order valence-corrected chi connectivity index (χ0v) is 18.8. The summed E-state index contributed by atoms with van der Waals surface area (Å²) in [5.74, 6) is 1.68. The van der Waals surface area contributed by atoms with Crippen molar-refractivity contribution >= 4 is 29.1 Å². The number of piperazine rings is 1. The molecule has 2 heterocycles. The van der Waals surface area contributed by atoms with E-state index in [0.717, 1.165) is 28.5 Å². The molecule has 31 heavy (non-hydrogen) atoms. The molecule has 0 unspecified atom stereocenters. The van der Waals surface area contributed by atoms with Gasteiger partial charge in [0.2, 0.25) is 0 Å². The predicted molar refractivity (Wildman–Crippen MR) is 126 cm³/mol. The molecule has 2 aromatic carbocycles. The van der Waals surface area contributed by atoms with Gasteiger partial charge in [0.1, 0.15) is 5.82 Å². The third-order valence-corrected chi connectivity index (χ3v) is 5.82. The van der Waals surface area contributed by atoms with E-state index in [0.29, 0.717) is 36.9 Å². The number of aromatic nitrogens is 2. The van der Waals surface area contributed by atoms with Gasteiger partial charge in [-0.05, 0) is 45.0 Å². The Kier molecular flexibility index (Phi) is 6.09. The van der Waals surface area contributed by atoms with Gasteiger partial charge in [-0.1, -0.05) is 41.4 Å². The molecule has 1 aromatic heterocycles. The number of carbonyl (C=O) groups is 1. The molecule has 4 rings (SSSR count). The molecule has 7 heteroatoms. The molecule has 0 bridgehead atoms. The molecule has 0 radical (unpaired) electrons. The molecule has 0 spiro atoms. The van der Waals surface area contributed by atoms with E-state index in [1.165, 1.54) is 5.56 Å². The van der Waals surface area contributed by atoms with Crippen LogP contribution in [0.25, 0.3) is 11.4 Å². The second-order valence-corrected chi connectivity index (χ2v) is 8.30. The van der Waals surface area contributed by atoms with Gasteiger partial charge >= 0.3 is 6.03 Å². The van der Waals surface area contributed by atoms with Crippen molar-refractivity contribution in [2.75, 3.05) is 36.4 Å². The second-order valence-electron chi connectivity index (χ2n) is 7.87. The highest BCUT2D eigenvalue weighted by Gasteiger charge is 2.24. The number of aryl methyl sites for hydroxylation is 2. The van der Waals surface area contributed by atoms with Crippen LogP contribution in [0.4, 0.5) is 16.3 Å². The van der Waals surface area contributed by atoms with Crippen molar-refractivity contribution in [3.05, 3.63) is 70.4 Å². The molecule has 0 aliphatic carbocycles. The van der Waals surface area contributed by atoms with Gasteiger partial charge in [-0.15, -0.1) is 0 Å². The number of nitrogens with zero attached hydrogens (tertiary/aromatic N) is 4. The van der Waals surface area contributed by atoms with E-state index >= 15 is 0 Å². The number of benzene rings is 2. The van der Waals surface area contributed by atoms with E-state index in [1.54, 1.807) is 12.1 Å². The third kappa shape index (κ3) is 4.80. The number of rotatable bonds is 3. The van der Waals surface area contributed by atoms with Crippen LogP contribution in [0.15, 0.2) is 48.5 Å². The van der Waals surface area contributed by atoms with Crippen LogP contribution in [-0.2, 0) is 0 Å². The average molecular weight is 436 g/mol. The first-order valence-electron chi connectivity index (χ1n) is 10.4. The lowest BCUT2D eigenvalue weighted by Crippen LogP contribution is -2.50. The largest absolute Gasteiger partial charge is 0.353 e. The number of hydrogen-bond donors (Lipinski definition) is 1. The Labute approximate surface area is 187 Å². The first-order valence-corrected chi connectivity index (χ1v) is 10.8. The lowest BCUT2D eigenvalue weighted by Gasteiger charge is -2.36. The van der Waals surface area contributed by atoms with Crippen LogP contribution in [0.1, 0.15) is 16.8 Å². The highest BCUT2D eigenvalue weighted by Crippen LogP contribution is 2.26. The average Bonchev–Trinajstić information content (AvgIpc) is 2.76. The molecule has 160 valence electrons. The van der Waals surface area contributed by atoms with E-state index in [1.807, 2.05) is 36.1 Å². The molecule has 1 saturated heterocycles. The zero-order chi connectivity index (χ0) is 22.0. The fraction of sp³-hybridized carbons (Fsp3) is 0.292. The fourth-order valence-corrected chi connectivity index (χ4v) is 3.92. The summed E-state index contributed by atoms with van der Waals surface area (Å²) < 4.78 is 0. The molecular formula is C24H26ClN5O. The Bertz CT molecular complexity index is 1110. The topological polar surface area (TPSA) is 61.4 Å². The molecule has 1 fully saturated rings. The second kappa shape index (κ2) is 8.94. The van der Waals surface area contributed by atoms with Crippen LogP contribution in [-0.4, -0.2) is 47.1 Å². The van der Waals surface area contributed by atoms with Gasteiger partial charge in [-0.2, -0.15) is 0 Å². The number of halogens is 1. The maximum atomic E-state index is 12.6. The Morgan fingerprint density at radius 3 is 2.42 bits per heavy atom. The van der Waals surface area contributed by atoms with Crippen molar-refractivity contribution < 1.29 is 4.79 Å². The minimum atomic E-state index is -0.113. The Morgan fingerprint density at radius 2 is 1.71 bits per heavy atom. The first kappa shape index (κ1) is 21.1. The molecule has 1 N–H and O–H groups in total. The van der Waals surface area contributed by atoms with Crippen molar-refractivity contribution in [2.24, 2.45) is 0 Å². The van der Waals surface area contributed by atoms with Gasteiger partial charge < -0.3 is 15.1 Å². The van der Waals surface area contributed by atoms with E-state index in [9.17, 15) is 4.79 Å². The molecule has 3 aromatic rings. The number of urea groups is 1. The van der Waals surface area contributed by atoms with Gasteiger partial charge in [0.25, 0.3) is 0 Å². The summed E-state index contributed by atoms with van der Waals surface area (Å²) in [6, 6.07) is 15.3. The number of amides is 2. The highest BCUT2D eigenvalue weighted by atomic mass is 35.5. The smallest absolute Gasteiger partial charge is 0.321 e. The fourth-order valence-electron chi connectivity index (χ4n) is 3.72. The van der Waals surface area contributed by atoms with Crippen molar-refractivity contribution in [2.45, 2.75) is 20.8 Å². The molecule has 0 saturated carbocycles. The van der Waals surface area contributed by atoms with E-state index < -0.39 is 0 Å². The zero-order valence-electron chi connectivity index (χ0n) is 18.0. The van der Waals surface area contributed by atoms with Gasteiger partial charge in [0.05, 0.1) is 0 Å². The lowest BCUT2D eigenvalue weighted by molar-refractivity contribution is 0.208. The minimum Gasteiger partial charge on any atom is -0.353 e. The van der Waals surface area contributed by atoms with Crippen LogP contribution in [0.5, 0.6) is 0 Å². The summed E-state index contributed by atoms with van der Waals surface area (Å²) in [5, 5.41) is 3.52. The summed E-state index contributed by atoms with van der Waals surface area (Å²) in [6.07, 6.45) is 0. The van der Waals surface area contributed by atoms with Gasteiger partial charge in [-0.3, -0.25) is 0 Å². The third-order valence-electron chi connectivity index (χ3n) is 5.58. The summed E-state index contributed by atoms with van der Waals surface area (Å²) in [4.78, 5) is 26.3. The monoisotopic (exact) mass is 435 g/mol. The maximum Gasteiger partial charge on any atom is 0.321 e. The number of anilines is 2. The van der Waals surface area contributed by atoms with Gasteiger partial charge in [0, 0.05) is 53.7 Å². The SMILES string of the molecule is Cc1cccc(-c2nc(C)c(C)c(N3CCN(C(=O)Nc4cccc(Cl)c4)CC3)n2)c1. The minimum absolute atomic E-state index is 0.113. The van der Waals surface area contributed by atoms with E-state index in [2.05, 4.69) is 36.2 Å². The molecular weight excluding hydrogens is 410 g/mol. The number of hydrogen-bond acceptors (Lipinski definition) is 4. The van der Waals surface area contributed by atoms with Crippen LogP contribution in [0.2, 0.25) is 5.02 Å². The molecule has 1 aliphatic heterocycles. The quantitative estimate of drug-likeness (QED) is 0.623. The molecule has 2 amide bonds. The van der Waals surface area contributed by atoms with Gasteiger partial charge in [0.15, 0.2) is 5.82 Å². The van der Waals surface area contributed by atoms with Crippen molar-refractivity contribution in [3.63, 3.8) is 0 Å².